The van der Waals surface area contributed by atoms with Crippen molar-refractivity contribution in [2.45, 2.75) is 31.9 Å². The van der Waals surface area contributed by atoms with Crippen molar-refractivity contribution in [1.82, 2.24) is 9.55 Å². The fourth-order valence-corrected chi connectivity index (χ4v) is 2.48. The highest BCUT2D eigenvalue weighted by molar-refractivity contribution is 6.35. The van der Waals surface area contributed by atoms with Gasteiger partial charge in [-0.3, -0.25) is 0 Å². The molecule has 3 nitrogen and oxygen atoms in total. The van der Waals surface area contributed by atoms with Gasteiger partial charge in [-0.1, -0.05) is 29.3 Å². The van der Waals surface area contributed by atoms with E-state index in [2.05, 4.69) is 4.98 Å². The van der Waals surface area contributed by atoms with Gasteiger partial charge in [0.05, 0.1) is 18.5 Å². The molecule has 1 N–H and O–H groups in total. The van der Waals surface area contributed by atoms with E-state index >= 15 is 0 Å². The maximum Gasteiger partial charge on any atom is 0.0946 e. The molecule has 2 aromatic rings. The molecule has 0 aliphatic heterocycles. The summed E-state index contributed by atoms with van der Waals surface area (Å²) in [5.41, 5.74) is 0.195. The fraction of sp³-hybridized carbons (Fsp3) is 0.357. The van der Waals surface area contributed by atoms with Crippen molar-refractivity contribution in [2.24, 2.45) is 0 Å². The summed E-state index contributed by atoms with van der Waals surface area (Å²) in [4.78, 5) is 3.96. The van der Waals surface area contributed by atoms with Gasteiger partial charge in [0, 0.05) is 22.4 Å². The topological polar surface area (TPSA) is 38.0 Å². The number of hydrogen-bond donors (Lipinski definition) is 1. The number of imidazole rings is 1. The van der Waals surface area contributed by atoms with E-state index in [1.54, 1.807) is 18.6 Å². The molecule has 0 radical (unpaired) electrons. The van der Waals surface area contributed by atoms with E-state index in [0.29, 0.717) is 29.4 Å². The molecule has 102 valence electrons. The molecule has 0 bridgehead atoms. The third kappa shape index (κ3) is 4.23. The van der Waals surface area contributed by atoms with E-state index in [1.165, 1.54) is 0 Å². The van der Waals surface area contributed by atoms with Crippen LogP contribution in [0, 0.1) is 0 Å². The smallest absolute Gasteiger partial charge is 0.0946 e. The second kappa shape index (κ2) is 5.95. The van der Waals surface area contributed by atoms with E-state index in [-0.39, 0.29) is 0 Å². The molecule has 0 aliphatic rings. The summed E-state index contributed by atoms with van der Waals surface area (Å²) in [5, 5.41) is 11.6. The summed E-state index contributed by atoms with van der Waals surface area (Å²) in [6, 6.07) is 5.44. The number of aromatic nitrogens is 2. The molecule has 0 amide bonds. The Labute approximate surface area is 122 Å². The SMILES string of the molecule is CC(O)(CCc1ccc(Cl)cc1Cl)Cn1ccnc1. The second-order valence-electron chi connectivity index (χ2n) is 4.97. The summed E-state index contributed by atoms with van der Waals surface area (Å²) in [6.45, 7) is 2.33. The molecule has 1 atom stereocenters. The first-order valence-corrected chi connectivity index (χ1v) is 6.84. The van der Waals surface area contributed by atoms with Crippen LogP contribution >= 0.6 is 23.2 Å². The van der Waals surface area contributed by atoms with Gasteiger partial charge >= 0.3 is 0 Å². The molecule has 5 heteroatoms. The van der Waals surface area contributed by atoms with Crippen molar-refractivity contribution < 1.29 is 5.11 Å². The van der Waals surface area contributed by atoms with Crippen LogP contribution < -0.4 is 0 Å². The van der Waals surface area contributed by atoms with Gasteiger partial charge in [0.25, 0.3) is 0 Å². The lowest BCUT2D eigenvalue weighted by atomic mass is 9.96. The number of aliphatic hydroxyl groups is 1. The van der Waals surface area contributed by atoms with Crippen LogP contribution in [0.25, 0.3) is 0 Å². The second-order valence-corrected chi connectivity index (χ2v) is 5.81. The number of aryl methyl sites for hydroxylation is 1. The molecule has 2 rings (SSSR count). The van der Waals surface area contributed by atoms with E-state index in [4.69, 9.17) is 23.2 Å². The van der Waals surface area contributed by atoms with Crippen molar-refractivity contribution in [3.8, 4) is 0 Å². The monoisotopic (exact) mass is 298 g/mol. The predicted octanol–water partition coefficient (Wildman–Crippen LogP) is 3.57. The lowest BCUT2D eigenvalue weighted by Crippen LogP contribution is -2.30. The average molecular weight is 299 g/mol. The maximum absolute atomic E-state index is 10.4. The van der Waals surface area contributed by atoms with Crippen LogP contribution in [0.1, 0.15) is 18.9 Å². The Hall–Kier alpha value is -1.03. The fourth-order valence-electron chi connectivity index (χ4n) is 1.98. The zero-order valence-electron chi connectivity index (χ0n) is 10.7. The molecular weight excluding hydrogens is 283 g/mol. The summed E-state index contributed by atoms with van der Waals surface area (Å²) >= 11 is 12.0. The van der Waals surface area contributed by atoms with Crippen LogP contribution in [-0.4, -0.2) is 20.3 Å². The minimum absolute atomic E-state index is 0.512. The highest BCUT2D eigenvalue weighted by Crippen LogP contribution is 2.24. The third-order valence-electron chi connectivity index (χ3n) is 3.03. The van der Waals surface area contributed by atoms with Gasteiger partial charge in [-0.25, -0.2) is 4.98 Å². The van der Waals surface area contributed by atoms with Crippen LogP contribution in [0.3, 0.4) is 0 Å². The molecule has 0 saturated heterocycles. The molecule has 0 fully saturated rings. The van der Waals surface area contributed by atoms with Crippen LogP contribution in [0.5, 0.6) is 0 Å². The van der Waals surface area contributed by atoms with Gasteiger partial charge < -0.3 is 9.67 Å². The molecule has 1 heterocycles. The summed E-state index contributed by atoms with van der Waals surface area (Å²) in [7, 11) is 0. The van der Waals surface area contributed by atoms with Gasteiger partial charge in [-0.15, -0.1) is 0 Å². The van der Waals surface area contributed by atoms with Crippen LogP contribution in [-0.2, 0) is 13.0 Å². The molecule has 1 aromatic carbocycles. The number of benzene rings is 1. The van der Waals surface area contributed by atoms with Gasteiger partial charge in [-0.05, 0) is 37.5 Å². The average Bonchev–Trinajstić information content (AvgIpc) is 2.80. The van der Waals surface area contributed by atoms with Crippen LogP contribution in [0.2, 0.25) is 10.0 Å². The van der Waals surface area contributed by atoms with Crippen LogP contribution in [0.4, 0.5) is 0 Å². The van der Waals surface area contributed by atoms with Crippen molar-refractivity contribution in [3.05, 3.63) is 52.5 Å². The van der Waals surface area contributed by atoms with Gasteiger partial charge in [-0.2, -0.15) is 0 Å². The first kappa shape index (κ1) is 14.4. The summed E-state index contributed by atoms with van der Waals surface area (Å²) in [6.07, 6.45) is 6.56. The van der Waals surface area contributed by atoms with Crippen molar-refractivity contribution in [1.29, 1.82) is 0 Å². The van der Waals surface area contributed by atoms with Crippen molar-refractivity contribution in [2.75, 3.05) is 0 Å². The highest BCUT2D eigenvalue weighted by Gasteiger charge is 2.21. The predicted molar refractivity (Wildman–Crippen MR) is 77.6 cm³/mol. The van der Waals surface area contributed by atoms with Crippen molar-refractivity contribution >= 4 is 23.2 Å². The lowest BCUT2D eigenvalue weighted by Gasteiger charge is -2.24. The highest BCUT2D eigenvalue weighted by atomic mass is 35.5. The van der Waals surface area contributed by atoms with Gasteiger partial charge in [0.15, 0.2) is 0 Å². The van der Waals surface area contributed by atoms with Crippen molar-refractivity contribution in [3.63, 3.8) is 0 Å². The molecular formula is C14H16Cl2N2O. The zero-order chi connectivity index (χ0) is 13.9. The minimum Gasteiger partial charge on any atom is -0.388 e. The van der Waals surface area contributed by atoms with E-state index in [0.717, 1.165) is 5.56 Å². The van der Waals surface area contributed by atoms with E-state index in [9.17, 15) is 5.11 Å². The Morgan fingerprint density at radius 2 is 2.16 bits per heavy atom. The molecule has 0 aliphatic carbocycles. The summed E-state index contributed by atoms with van der Waals surface area (Å²) in [5.74, 6) is 0. The van der Waals surface area contributed by atoms with E-state index < -0.39 is 5.60 Å². The number of rotatable bonds is 5. The standard InChI is InChI=1S/C14H16Cl2N2O/c1-14(19,9-18-7-6-17-10-18)5-4-11-2-3-12(15)8-13(11)16/h2-3,6-8,10,19H,4-5,9H2,1H3. The third-order valence-corrected chi connectivity index (χ3v) is 3.62. The molecule has 0 saturated carbocycles. The van der Waals surface area contributed by atoms with Crippen LogP contribution in [0.15, 0.2) is 36.9 Å². The Bertz CT molecular complexity index is 538. The Morgan fingerprint density at radius 1 is 1.37 bits per heavy atom. The first-order valence-electron chi connectivity index (χ1n) is 6.08. The van der Waals surface area contributed by atoms with Gasteiger partial charge in [0.2, 0.25) is 0 Å². The maximum atomic E-state index is 10.4. The number of hydrogen-bond acceptors (Lipinski definition) is 2. The molecule has 1 aromatic heterocycles. The first-order chi connectivity index (χ1) is 8.96. The molecule has 0 spiro atoms. The Morgan fingerprint density at radius 3 is 2.79 bits per heavy atom. The minimum atomic E-state index is -0.802. The Balaban J connectivity index is 1.97. The number of halogens is 2. The van der Waals surface area contributed by atoms with Gasteiger partial charge in [0.1, 0.15) is 0 Å². The molecule has 1 unspecified atom stereocenters. The quantitative estimate of drug-likeness (QED) is 0.916. The zero-order valence-corrected chi connectivity index (χ0v) is 12.2. The largest absolute Gasteiger partial charge is 0.388 e. The normalized spacial score (nSPS) is 14.3. The van der Waals surface area contributed by atoms with E-state index in [1.807, 2.05) is 29.8 Å². The summed E-state index contributed by atoms with van der Waals surface area (Å²) < 4.78 is 1.86. The number of nitrogens with zero attached hydrogens (tertiary/aromatic N) is 2. The Kier molecular flexibility index (Phi) is 4.50. The lowest BCUT2D eigenvalue weighted by molar-refractivity contribution is 0.0334. The molecule has 19 heavy (non-hydrogen) atoms.